The van der Waals surface area contributed by atoms with Gasteiger partial charge in [0.2, 0.25) is 0 Å². The highest BCUT2D eigenvalue weighted by molar-refractivity contribution is 9.09. The van der Waals surface area contributed by atoms with Crippen molar-refractivity contribution in [3.05, 3.63) is 29.8 Å². The minimum atomic E-state index is -2.85. The summed E-state index contributed by atoms with van der Waals surface area (Å²) in [5.74, 6) is 0.521. The fraction of sp³-hybridized carbons (Fsp3) is 0.500. The molecule has 2 rings (SSSR count). The van der Waals surface area contributed by atoms with E-state index in [2.05, 4.69) is 27.6 Å². The van der Waals surface area contributed by atoms with E-state index in [9.17, 15) is 13.6 Å². The van der Waals surface area contributed by atoms with Crippen LogP contribution in [-0.4, -0.2) is 35.3 Å². The van der Waals surface area contributed by atoms with Crippen LogP contribution in [0.5, 0.6) is 5.75 Å². The van der Waals surface area contributed by atoms with Gasteiger partial charge in [0.15, 0.2) is 0 Å². The van der Waals surface area contributed by atoms with E-state index in [0.29, 0.717) is 22.9 Å². The Labute approximate surface area is 125 Å². The number of ether oxygens (including phenoxy) is 1. The lowest BCUT2D eigenvalue weighted by molar-refractivity contribution is -0.0498. The van der Waals surface area contributed by atoms with E-state index >= 15 is 0 Å². The van der Waals surface area contributed by atoms with Crippen molar-refractivity contribution >= 4 is 21.8 Å². The first-order chi connectivity index (χ1) is 9.47. The second kappa shape index (κ2) is 6.52. The Balaban J connectivity index is 2.02. The maximum absolute atomic E-state index is 12.3. The molecule has 1 fully saturated rings. The highest BCUT2D eigenvalue weighted by Gasteiger charge is 2.27. The average Bonchev–Trinajstić information content (AvgIpc) is 2.41. The molecule has 0 N–H and O–H groups in total. The number of carbonyl (C=O) groups is 1. The standard InChI is InChI=1S/C14H16BrF2NO2/c1-9-6-7-18(8-12(9)15)13(19)10-2-4-11(5-3-10)20-14(16)17/h2-5,9,12,14H,6-8H2,1H3. The Morgan fingerprint density at radius 1 is 1.40 bits per heavy atom. The van der Waals surface area contributed by atoms with Crippen LogP contribution >= 0.6 is 15.9 Å². The molecular formula is C14H16BrF2NO2. The summed E-state index contributed by atoms with van der Waals surface area (Å²) in [5.41, 5.74) is 0.487. The minimum Gasteiger partial charge on any atom is -0.435 e. The van der Waals surface area contributed by atoms with Crippen LogP contribution in [0.25, 0.3) is 0 Å². The van der Waals surface area contributed by atoms with Gasteiger partial charge in [-0.3, -0.25) is 4.79 Å². The molecule has 1 heterocycles. The highest BCUT2D eigenvalue weighted by Crippen LogP contribution is 2.25. The van der Waals surface area contributed by atoms with Crippen LogP contribution < -0.4 is 4.74 Å². The molecular weight excluding hydrogens is 332 g/mol. The zero-order valence-corrected chi connectivity index (χ0v) is 12.6. The SMILES string of the molecule is CC1CCN(C(=O)c2ccc(OC(F)F)cc2)CC1Br. The molecule has 1 aliphatic heterocycles. The number of hydrogen-bond acceptors (Lipinski definition) is 2. The van der Waals surface area contributed by atoms with E-state index in [1.54, 1.807) is 4.90 Å². The topological polar surface area (TPSA) is 29.5 Å². The van der Waals surface area contributed by atoms with Crippen molar-refractivity contribution in [2.45, 2.75) is 24.8 Å². The number of hydrogen-bond donors (Lipinski definition) is 0. The maximum Gasteiger partial charge on any atom is 0.387 e. The van der Waals surface area contributed by atoms with Crippen LogP contribution in [0.1, 0.15) is 23.7 Å². The van der Waals surface area contributed by atoms with Crippen molar-refractivity contribution < 1.29 is 18.3 Å². The van der Waals surface area contributed by atoms with Crippen molar-refractivity contribution in [2.24, 2.45) is 5.92 Å². The predicted octanol–water partition coefficient (Wildman–Crippen LogP) is 3.53. The van der Waals surface area contributed by atoms with Gasteiger partial charge in [-0.1, -0.05) is 22.9 Å². The first-order valence-corrected chi connectivity index (χ1v) is 7.37. The van der Waals surface area contributed by atoms with Gasteiger partial charge in [-0.2, -0.15) is 8.78 Å². The second-order valence-corrected chi connectivity index (χ2v) is 6.11. The summed E-state index contributed by atoms with van der Waals surface area (Å²) >= 11 is 3.58. The molecule has 3 nitrogen and oxygen atoms in total. The summed E-state index contributed by atoms with van der Waals surface area (Å²) in [5, 5.41) is 0. The number of amides is 1. The molecule has 110 valence electrons. The average molecular weight is 348 g/mol. The lowest BCUT2D eigenvalue weighted by Gasteiger charge is -2.34. The third-order valence-electron chi connectivity index (χ3n) is 3.48. The summed E-state index contributed by atoms with van der Waals surface area (Å²) in [4.78, 5) is 14.4. The summed E-state index contributed by atoms with van der Waals surface area (Å²) in [6.07, 6.45) is 0.953. The van der Waals surface area contributed by atoms with Crippen LogP contribution in [0, 0.1) is 5.92 Å². The Kier molecular flexibility index (Phi) is 4.96. The number of rotatable bonds is 3. The molecule has 1 amide bonds. The van der Waals surface area contributed by atoms with Gasteiger partial charge >= 0.3 is 6.61 Å². The van der Waals surface area contributed by atoms with Crippen molar-refractivity contribution in [3.63, 3.8) is 0 Å². The van der Waals surface area contributed by atoms with Gasteiger partial charge in [0, 0.05) is 23.5 Å². The number of alkyl halides is 3. The fourth-order valence-corrected chi connectivity index (χ4v) is 2.78. The molecule has 0 spiro atoms. The van der Waals surface area contributed by atoms with Crippen molar-refractivity contribution in [1.29, 1.82) is 0 Å². The molecule has 1 aliphatic rings. The van der Waals surface area contributed by atoms with E-state index in [4.69, 9.17) is 0 Å². The molecule has 20 heavy (non-hydrogen) atoms. The van der Waals surface area contributed by atoms with E-state index in [-0.39, 0.29) is 11.7 Å². The number of nitrogens with zero attached hydrogens (tertiary/aromatic N) is 1. The fourth-order valence-electron chi connectivity index (χ4n) is 2.17. The Morgan fingerprint density at radius 3 is 2.60 bits per heavy atom. The van der Waals surface area contributed by atoms with Crippen LogP contribution in [0.15, 0.2) is 24.3 Å². The van der Waals surface area contributed by atoms with E-state index in [1.807, 2.05) is 0 Å². The van der Waals surface area contributed by atoms with Crippen molar-refractivity contribution in [1.82, 2.24) is 4.90 Å². The third-order valence-corrected chi connectivity index (χ3v) is 4.67. The number of benzene rings is 1. The molecule has 0 aliphatic carbocycles. The summed E-state index contributed by atoms with van der Waals surface area (Å²) in [7, 11) is 0. The molecule has 1 aromatic rings. The summed E-state index contributed by atoms with van der Waals surface area (Å²) < 4.78 is 28.4. The van der Waals surface area contributed by atoms with Crippen LogP contribution in [0.2, 0.25) is 0 Å². The highest BCUT2D eigenvalue weighted by atomic mass is 79.9. The molecule has 2 atom stereocenters. The third kappa shape index (κ3) is 3.69. The number of likely N-dealkylation sites (tertiary alicyclic amines) is 1. The Morgan fingerprint density at radius 2 is 2.05 bits per heavy atom. The van der Waals surface area contributed by atoms with Crippen molar-refractivity contribution in [3.8, 4) is 5.75 Å². The van der Waals surface area contributed by atoms with Crippen molar-refractivity contribution in [2.75, 3.05) is 13.1 Å². The Hall–Kier alpha value is -1.17. The molecule has 1 aromatic carbocycles. The van der Waals surface area contributed by atoms with Gasteiger partial charge in [-0.05, 0) is 36.6 Å². The number of piperidine rings is 1. The number of carbonyl (C=O) groups excluding carboxylic acids is 1. The van der Waals surface area contributed by atoms with Gasteiger partial charge in [0.25, 0.3) is 5.91 Å². The lowest BCUT2D eigenvalue weighted by atomic mass is 9.98. The molecule has 0 radical (unpaired) electrons. The summed E-state index contributed by atoms with van der Waals surface area (Å²) in [6.45, 7) is 0.680. The van der Waals surface area contributed by atoms with Crippen LogP contribution in [0.3, 0.4) is 0 Å². The van der Waals surface area contributed by atoms with Crippen LogP contribution in [-0.2, 0) is 0 Å². The smallest absolute Gasteiger partial charge is 0.387 e. The molecule has 1 saturated heterocycles. The van der Waals surface area contributed by atoms with Gasteiger partial charge in [-0.15, -0.1) is 0 Å². The zero-order valence-electron chi connectivity index (χ0n) is 11.1. The van der Waals surface area contributed by atoms with Gasteiger partial charge in [0.05, 0.1) is 0 Å². The zero-order chi connectivity index (χ0) is 14.7. The van der Waals surface area contributed by atoms with Crippen LogP contribution in [0.4, 0.5) is 8.78 Å². The lowest BCUT2D eigenvalue weighted by Crippen LogP contribution is -2.43. The first kappa shape index (κ1) is 15.2. The first-order valence-electron chi connectivity index (χ1n) is 6.45. The summed E-state index contributed by atoms with van der Waals surface area (Å²) in [6, 6.07) is 5.80. The second-order valence-electron chi connectivity index (χ2n) is 4.94. The molecule has 0 aromatic heterocycles. The predicted molar refractivity (Wildman–Crippen MR) is 75.5 cm³/mol. The van der Waals surface area contributed by atoms with E-state index < -0.39 is 6.61 Å². The van der Waals surface area contributed by atoms with E-state index in [1.165, 1.54) is 24.3 Å². The normalized spacial score (nSPS) is 22.9. The maximum atomic E-state index is 12.3. The number of halogens is 3. The monoisotopic (exact) mass is 347 g/mol. The molecule has 0 saturated carbocycles. The van der Waals surface area contributed by atoms with Gasteiger partial charge in [0.1, 0.15) is 5.75 Å². The minimum absolute atomic E-state index is 0.0576. The molecule has 0 bridgehead atoms. The van der Waals surface area contributed by atoms with Gasteiger partial charge < -0.3 is 9.64 Å². The molecule has 2 unspecified atom stereocenters. The Bertz CT molecular complexity index is 467. The quantitative estimate of drug-likeness (QED) is 0.782. The largest absolute Gasteiger partial charge is 0.435 e. The van der Waals surface area contributed by atoms with Gasteiger partial charge in [-0.25, -0.2) is 0 Å². The molecule has 6 heteroatoms. The van der Waals surface area contributed by atoms with E-state index in [0.717, 1.165) is 13.0 Å².